The number of nitrogens with zero attached hydrogens (tertiary/aromatic N) is 3. The molecule has 94 valence electrons. The first-order valence-corrected chi connectivity index (χ1v) is 5.73. The van der Waals surface area contributed by atoms with Crippen molar-refractivity contribution in [3.05, 3.63) is 33.9 Å². The van der Waals surface area contributed by atoms with E-state index in [1.807, 2.05) is 11.0 Å². The number of rotatable bonds is 2. The standard InChI is InChI=1S/C12H13N3O3/c13-8-9-1-2-11(12(7-9)15(17)18)14-5-3-10(16)4-6-14/h1-2,7,10,16H,3-6H2. The minimum absolute atomic E-state index is 0.0505. The SMILES string of the molecule is N#Cc1ccc(N2CCC(O)CC2)c([N+](=O)[O-])c1. The summed E-state index contributed by atoms with van der Waals surface area (Å²) >= 11 is 0. The third-order valence-corrected chi connectivity index (χ3v) is 3.11. The van der Waals surface area contributed by atoms with Crippen molar-refractivity contribution < 1.29 is 10.0 Å². The molecule has 1 aromatic rings. The second-order valence-electron chi connectivity index (χ2n) is 4.29. The third kappa shape index (κ3) is 2.41. The van der Waals surface area contributed by atoms with Gasteiger partial charge in [-0.2, -0.15) is 5.26 Å². The van der Waals surface area contributed by atoms with Crippen molar-refractivity contribution in [2.45, 2.75) is 18.9 Å². The lowest BCUT2D eigenvalue weighted by atomic mass is 10.1. The molecule has 18 heavy (non-hydrogen) atoms. The summed E-state index contributed by atoms with van der Waals surface area (Å²) in [5.74, 6) is 0. The molecular weight excluding hydrogens is 234 g/mol. The molecule has 0 saturated carbocycles. The molecule has 1 saturated heterocycles. The molecule has 0 aromatic heterocycles. The molecule has 0 amide bonds. The number of benzene rings is 1. The van der Waals surface area contributed by atoms with E-state index in [4.69, 9.17) is 5.26 Å². The maximum atomic E-state index is 11.0. The first kappa shape index (κ1) is 12.3. The van der Waals surface area contributed by atoms with E-state index in [0.29, 0.717) is 31.6 Å². The van der Waals surface area contributed by atoms with Crippen LogP contribution in [0.25, 0.3) is 0 Å². The molecule has 1 aromatic carbocycles. The summed E-state index contributed by atoms with van der Waals surface area (Å²) < 4.78 is 0. The molecule has 2 rings (SSSR count). The lowest BCUT2D eigenvalue weighted by Gasteiger charge is -2.31. The molecule has 1 fully saturated rings. The summed E-state index contributed by atoms with van der Waals surface area (Å²) in [6.45, 7) is 1.18. The van der Waals surface area contributed by atoms with Gasteiger partial charge in [0.05, 0.1) is 22.7 Å². The molecule has 1 heterocycles. The van der Waals surface area contributed by atoms with Crippen molar-refractivity contribution in [3.63, 3.8) is 0 Å². The average molecular weight is 247 g/mol. The van der Waals surface area contributed by atoms with Gasteiger partial charge in [-0.05, 0) is 25.0 Å². The van der Waals surface area contributed by atoms with Crippen LogP contribution >= 0.6 is 0 Å². The number of piperidine rings is 1. The fourth-order valence-corrected chi connectivity index (χ4v) is 2.11. The Kier molecular flexibility index (Phi) is 3.44. The summed E-state index contributed by atoms with van der Waals surface area (Å²) in [4.78, 5) is 12.4. The van der Waals surface area contributed by atoms with E-state index in [1.54, 1.807) is 12.1 Å². The number of aliphatic hydroxyl groups is 1. The minimum Gasteiger partial charge on any atom is -0.393 e. The van der Waals surface area contributed by atoms with Crippen LogP contribution < -0.4 is 4.90 Å². The molecule has 6 heteroatoms. The van der Waals surface area contributed by atoms with Crippen LogP contribution in [0.2, 0.25) is 0 Å². The Bertz CT molecular complexity index is 502. The van der Waals surface area contributed by atoms with Gasteiger partial charge in [0.2, 0.25) is 0 Å². The highest BCUT2D eigenvalue weighted by Crippen LogP contribution is 2.31. The molecule has 6 nitrogen and oxygen atoms in total. The third-order valence-electron chi connectivity index (χ3n) is 3.11. The van der Waals surface area contributed by atoms with E-state index >= 15 is 0 Å². The fraction of sp³-hybridized carbons (Fsp3) is 0.417. The first-order valence-electron chi connectivity index (χ1n) is 5.73. The maximum Gasteiger partial charge on any atom is 0.293 e. The monoisotopic (exact) mass is 247 g/mol. The number of hydrogen-bond acceptors (Lipinski definition) is 5. The molecule has 0 unspecified atom stereocenters. The lowest BCUT2D eigenvalue weighted by molar-refractivity contribution is -0.384. The van der Waals surface area contributed by atoms with Crippen LogP contribution in [0.15, 0.2) is 18.2 Å². The van der Waals surface area contributed by atoms with Crippen molar-refractivity contribution in [2.75, 3.05) is 18.0 Å². The maximum absolute atomic E-state index is 11.0. The summed E-state index contributed by atoms with van der Waals surface area (Å²) in [6, 6.07) is 6.37. The quantitative estimate of drug-likeness (QED) is 0.630. The van der Waals surface area contributed by atoms with Crippen molar-refractivity contribution in [1.82, 2.24) is 0 Å². The number of nitriles is 1. The van der Waals surface area contributed by atoms with Gasteiger partial charge in [0.25, 0.3) is 5.69 Å². The highest BCUT2D eigenvalue weighted by Gasteiger charge is 2.24. The molecule has 0 atom stereocenters. The fourth-order valence-electron chi connectivity index (χ4n) is 2.11. The Hall–Kier alpha value is -2.13. The van der Waals surface area contributed by atoms with E-state index in [1.165, 1.54) is 6.07 Å². The van der Waals surface area contributed by atoms with E-state index in [2.05, 4.69) is 0 Å². The Labute approximate surface area is 104 Å². The average Bonchev–Trinajstić information content (AvgIpc) is 2.39. The Morgan fingerprint density at radius 1 is 1.44 bits per heavy atom. The molecule has 1 N–H and O–H groups in total. The molecule has 0 radical (unpaired) electrons. The number of nitro benzene ring substituents is 1. The van der Waals surface area contributed by atoms with Crippen LogP contribution in [-0.4, -0.2) is 29.2 Å². The van der Waals surface area contributed by atoms with Gasteiger partial charge in [0.15, 0.2) is 0 Å². The highest BCUT2D eigenvalue weighted by atomic mass is 16.6. The zero-order valence-corrected chi connectivity index (χ0v) is 9.74. The minimum atomic E-state index is -0.471. The summed E-state index contributed by atoms with van der Waals surface area (Å²) in [7, 11) is 0. The van der Waals surface area contributed by atoms with E-state index in [9.17, 15) is 15.2 Å². The van der Waals surface area contributed by atoms with Gasteiger partial charge in [0, 0.05) is 19.2 Å². The highest BCUT2D eigenvalue weighted by molar-refractivity contribution is 5.65. The van der Waals surface area contributed by atoms with Crippen molar-refractivity contribution in [1.29, 1.82) is 5.26 Å². The van der Waals surface area contributed by atoms with E-state index < -0.39 is 4.92 Å². The number of nitro groups is 1. The molecular formula is C12H13N3O3. The van der Waals surface area contributed by atoms with Gasteiger partial charge >= 0.3 is 0 Å². The second-order valence-corrected chi connectivity index (χ2v) is 4.29. The molecule has 1 aliphatic rings. The number of aliphatic hydroxyl groups excluding tert-OH is 1. The van der Waals surface area contributed by atoms with Gasteiger partial charge in [-0.1, -0.05) is 0 Å². The van der Waals surface area contributed by atoms with Gasteiger partial charge in [-0.3, -0.25) is 10.1 Å². The number of hydrogen-bond donors (Lipinski definition) is 1. The summed E-state index contributed by atoms with van der Waals surface area (Å²) in [6.07, 6.45) is 0.896. The van der Waals surface area contributed by atoms with Crippen molar-refractivity contribution in [3.8, 4) is 6.07 Å². The zero-order valence-electron chi connectivity index (χ0n) is 9.74. The summed E-state index contributed by atoms with van der Waals surface area (Å²) in [5, 5.41) is 29.2. The zero-order chi connectivity index (χ0) is 13.1. The van der Waals surface area contributed by atoms with Gasteiger partial charge in [-0.15, -0.1) is 0 Å². The predicted molar refractivity (Wildman–Crippen MR) is 65.3 cm³/mol. The van der Waals surface area contributed by atoms with Crippen LogP contribution in [0.3, 0.4) is 0 Å². The van der Waals surface area contributed by atoms with E-state index in [-0.39, 0.29) is 17.4 Å². The second kappa shape index (κ2) is 5.02. The Balaban J connectivity index is 2.32. The summed E-state index contributed by atoms with van der Waals surface area (Å²) in [5.41, 5.74) is 0.749. The topological polar surface area (TPSA) is 90.4 Å². The smallest absolute Gasteiger partial charge is 0.293 e. The molecule has 0 bridgehead atoms. The van der Waals surface area contributed by atoms with Crippen LogP contribution in [0, 0.1) is 21.4 Å². The van der Waals surface area contributed by atoms with Gasteiger partial charge in [-0.25, -0.2) is 0 Å². The number of anilines is 1. The molecule has 1 aliphatic heterocycles. The lowest BCUT2D eigenvalue weighted by Crippen LogP contribution is -2.36. The van der Waals surface area contributed by atoms with E-state index in [0.717, 1.165) is 0 Å². The molecule has 0 aliphatic carbocycles. The van der Waals surface area contributed by atoms with Gasteiger partial charge in [0.1, 0.15) is 5.69 Å². The van der Waals surface area contributed by atoms with Crippen LogP contribution in [-0.2, 0) is 0 Å². The first-order chi connectivity index (χ1) is 8.61. The van der Waals surface area contributed by atoms with Crippen LogP contribution in [0.5, 0.6) is 0 Å². The van der Waals surface area contributed by atoms with Crippen molar-refractivity contribution in [2.24, 2.45) is 0 Å². The normalized spacial score (nSPS) is 16.3. The predicted octanol–water partition coefficient (Wildman–Crippen LogP) is 1.43. The van der Waals surface area contributed by atoms with Crippen molar-refractivity contribution >= 4 is 11.4 Å². The van der Waals surface area contributed by atoms with Crippen LogP contribution in [0.4, 0.5) is 11.4 Å². The Morgan fingerprint density at radius 3 is 2.67 bits per heavy atom. The van der Waals surface area contributed by atoms with Crippen LogP contribution in [0.1, 0.15) is 18.4 Å². The van der Waals surface area contributed by atoms with Gasteiger partial charge < -0.3 is 10.0 Å². The largest absolute Gasteiger partial charge is 0.393 e. The molecule has 0 spiro atoms. The Morgan fingerprint density at radius 2 is 2.11 bits per heavy atom.